The molecule has 0 amide bonds. The van der Waals surface area contributed by atoms with Gasteiger partial charge in [0.15, 0.2) is 5.96 Å². The lowest BCUT2D eigenvalue weighted by Gasteiger charge is -2.36. The summed E-state index contributed by atoms with van der Waals surface area (Å²) in [5, 5.41) is 16.4. The standard InChI is InChI=1S/C21H23N7O2S.HI/c29-28(30)18-6-4-17(5-7-18)15-24-21(25-16-19-3-1-14-31-19)27-12-10-26(11-13-27)20-22-8-2-9-23-20;/h1-9,14H,10-13,15-16H2,(H,24,25);1H. The Morgan fingerprint density at radius 3 is 2.44 bits per heavy atom. The number of hydrogen-bond donors (Lipinski definition) is 1. The van der Waals surface area contributed by atoms with Crippen molar-refractivity contribution in [2.24, 2.45) is 4.99 Å². The Hall–Kier alpha value is -2.80. The van der Waals surface area contributed by atoms with Crippen LogP contribution in [0.25, 0.3) is 0 Å². The first-order valence-electron chi connectivity index (χ1n) is 10.00. The minimum atomic E-state index is -0.392. The quantitative estimate of drug-likeness (QED) is 0.161. The summed E-state index contributed by atoms with van der Waals surface area (Å²) >= 11 is 1.70. The molecule has 0 radical (unpaired) electrons. The first-order valence-corrected chi connectivity index (χ1v) is 10.9. The van der Waals surface area contributed by atoms with Gasteiger partial charge in [-0.15, -0.1) is 35.3 Å². The van der Waals surface area contributed by atoms with Gasteiger partial charge in [0.2, 0.25) is 5.95 Å². The SMILES string of the molecule is I.O=[N+]([O-])c1ccc(CN=C(NCc2cccs2)N2CCN(c3ncccn3)CC2)cc1. The Kier molecular flexibility index (Phi) is 8.73. The molecule has 0 atom stereocenters. The number of rotatable bonds is 6. The number of nitro groups is 1. The third kappa shape index (κ3) is 6.36. The highest BCUT2D eigenvalue weighted by Gasteiger charge is 2.21. The summed E-state index contributed by atoms with van der Waals surface area (Å²) in [6.45, 7) is 4.37. The third-order valence-corrected chi connectivity index (χ3v) is 5.85. The molecule has 0 bridgehead atoms. The van der Waals surface area contributed by atoms with Crippen LogP contribution < -0.4 is 10.2 Å². The van der Waals surface area contributed by atoms with Gasteiger partial charge in [-0.2, -0.15) is 0 Å². The zero-order chi connectivity index (χ0) is 21.5. The molecule has 1 saturated heterocycles. The number of benzene rings is 1. The molecule has 4 rings (SSSR count). The van der Waals surface area contributed by atoms with Gasteiger partial charge in [-0.1, -0.05) is 18.2 Å². The fourth-order valence-corrected chi connectivity index (χ4v) is 3.95. The number of halogens is 1. The van der Waals surface area contributed by atoms with Crippen molar-refractivity contribution in [2.75, 3.05) is 31.1 Å². The maximum atomic E-state index is 10.9. The summed E-state index contributed by atoms with van der Waals surface area (Å²) in [5.74, 6) is 1.58. The maximum Gasteiger partial charge on any atom is 0.269 e. The molecule has 2 aromatic heterocycles. The molecule has 168 valence electrons. The maximum absolute atomic E-state index is 10.9. The molecule has 11 heteroatoms. The van der Waals surface area contributed by atoms with Crippen molar-refractivity contribution in [1.29, 1.82) is 0 Å². The average molecular weight is 565 g/mol. The van der Waals surface area contributed by atoms with Crippen LogP contribution in [0.3, 0.4) is 0 Å². The molecule has 0 aliphatic carbocycles. The predicted octanol–water partition coefficient (Wildman–Crippen LogP) is 3.53. The van der Waals surface area contributed by atoms with E-state index in [1.54, 1.807) is 35.9 Å². The minimum absolute atomic E-state index is 0. The lowest BCUT2D eigenvalue weighted by Crippen LogP contribution is -2.52. The van der Waals surface area contributed by atoms with Crippen molar-refractivity contribution in [3.05, 3.63) is 80.8 Å². The van der Waals surface area contributed by atoms with Crippen molar-refractivity contribution >= 4 is 52.9 Å². The summed E-state index contributed by atoms with van der Waals surface area (Å²) in [6, 6.07) is 12.5. The third-order valence-electron chi connectivity index (χ3n) is 4.97. The number of anilines is 1. The smallest absolute Gasteiger partial charge is 0.269 e. The molecule has 0 spiro atoms. The Labute approximate surface area is 207 Å². The monoisotopic (exact) mass is 565 g/mol. The lowest BCUT2D eigenvalue weighted by atomic mass is 10.2. The van der Waals surface area contributed by atoms with Crippen LogP contribution in [0.4, 0.5) is 11.6 Å². The van der Waals surface area contributed by atoms with Gasteiger partial charge in [0.25, 0.3) is 5.69 Å². The summed E-state index contributed by atoms with van der Waals surface area (Å²) in [7, 11) is 0. The van der Waals surface area contributed by atoms with Crippen molar-refractivity contribution < 1.29 is 4.92 Å². The molecular formula is C21H24IN7O2S. The van der Waals surface area contributed by atoms with Crippen molar-refractivity contribution in [3.63, 3.8) is 0 Å². The fraction of sp³-hybridized carbons (Fsp3) is 0.286. The summed E-state index contributed by atoms with van der Waals surface area (Å²) in [5.41, 5.74) is 1.01. The number of guanidine groups is 1. The Bertz CT molecular complexity index is 1010. The van der Waals surface area contributed by atoms with Crippen LogP contribution in [-0.2, 0) is 13.1 Å². The number of non-ortho nitro benzene ring substituents is 1. The Morgan fingerprint density at radius 1 is 1.09 bits per heavy atom. The van der Waals surface area contributed by atoms with Crippen molar-refractivity contribution in [3.8, 4) is 0 Å². The van der Waals surface area contributed by atoms with Gasteiger partial charge < -0.3 is 15.1 Å². The Morgan fingerprint density at radius 2 is 1.81 bits per heavy atom. The minimum Gasteiger partial charge on any atom is -0.351 e. The number of aromatic nitrogens is 2. The molecule has 1 fully saturated rings. The molecule has 3 aromatic rings. The second-order valence-corrected chi connectivity index (χ2v) is 8.05. The first kappa shape index (κ1) is 23.9. The van der Waals surface area contributed by atoms with Crippen LogP contribution in [0, 0.1) is 10.1 Å². The molecule has 0 unspecified atom stereocenters. The van der Waals surface area contributed by atoms with E-state index in [4.69, 9.17) is 4.99 Å². The summed E-state index contributed by atoms with van der Waals surface area (Å²) in [6.07, 6.45) is 3.52. The number of piperazine rings is 1. The highest BCUT2D eigenvalue weighted by Crippen LogP contribution is 2.14. The number of nitrogens with one attached hydrogen (secondary N) is 1. The van der Waals surface area contributed by atoms with E-state index in [1.807, 2.05) is 12.1 Å². The van der Waals surface area contributed by atoms with Gasteiger partial charge in [-0.3, -0.25) is 10.1 Å². The first-order chi connectivity index (χ1) is 15.2. The van der Waals surface area contributed by atoms with E-state index in [-0.39, 0.29) is 29.7 Å². The fourth-order valence-electron chi connectivity index (χ4n) is 3.31. The molecule has 1 aliphatic heterocycles. The predicted molar refractivity (Wildman–Crippen MR) is 137 cm³/mol. The Balaban J connectivity index is 0.00000289. The highest BCUT2D eigenvalue weighted by molar-refractivity contribution is 14.0. The summed E-state index contributed by atoms with van der Waals surface area (Å²) < 4.78 is 0. The average Bonchev–Trinajstić information content (AvgIpc) is 3.34. The molecule has 1 aromatic carbocycles. The van der Waals surface area contributed by atoms with Crippen LogP contribution in [0.2, 0.25) is 0 Å². The summed E-state index contributed by atoms with van der Waals surface area (Å²) in [4.78, 5) is 29.6. The zero-order valence-corrected chi connectivity index (χ0v) is 20.5. The molecule has 32 heavy (non-hydrogen) atoms. The zero-order valence-electron chi connectivity index (χ0n) is 17.3. The molecule has 3 heterocycles. The second kappa shape index (κ2) is 11.7. The van der Waals surface area contributed by atoms with Crippen LogP contribution in [0.1, 0.15) is 10.4 Å². The van der Waals surface area contributed by atoms with Gasteiger partial charge in [-0.25, -0.2) is 15.0 Å². The number of hydrogen-bond acceptors (Lipinski definition) is 7. The molecule has 9 nitrogen and oxygen atoms in total. The number of nitrogens with zero attached hydrogens (tertiary/aromatic N) is 6. The van der Waals surface area contributed by atoms with Crippen LogP contribution in [-0.4, -0.2) is 51.9 Å². The highest BCUT2D eigenvalue weighted by atomic mass is 127. The van der Waals surface area contributed by atoms with Crippen molar-refractivity contribution in [1.82, 2.24) is 20.2 Å². The van der Waals surface area contributed by atoms with E-state index in [2.05, 4.69) is 36.5 Å². The number of thiophene rings is 1. The van der Waals surface area contributed by atoms with E-state index in [1.165, 1.54) is 17.0 Å². The lowest BCUT2D eigenvalue weighted by molar-refractivity contribution is -0.384. The molecule has 1 N–H and O–H groups in total. The second-order valence-electron chi connectivity index (χ2n) is 7.02. The molecular weight excluding hydrogens is 541 g/mol. The van der Waals surface area contributed by atoms with Gasteiger partial charge in [0.05, 0.1) is 18.0 Å². The van der Waals surface area contributed by atoms with Gasteiger partial charge >= 0.3 is 0 Å². The van der Waals surface area contributed by atoms with Crippen molar-refractivity contribution in [2.45, 2.75) is 13.1 Å². The van der Waals surface area contributed by atoms with Crippen LogP contribution in [0.5, 0.6) is 0 Å². The molecule has 0 saturated carbocycles. The van der Waals surface area contributed by atoms with E-state index in [9.17, 15) is 10.1 Å². The van der Waals surface area contributed by atoms with E-state index in [0.717, 1.165) is 43.7 Å². The molecule has 1 aliphatic rings. The van der Waals surface area contributed by atoms with Gasteiger partial charge in [0.1, 0.15) is 0 Å². The number of aliphatic imine (C=N–C) groups is 1. The van der Waals surface area contributed by atoms with Crippen LogP contribution >= 0.6 is 35.3 Å². The van der Waals surface area contributed by atoms with E-state index >= 15 is 0 Å². The normalized spacial score (nSPS) is 14.1. The van der Waals surface area contributed by atoms with Gasteiger partial charge in [0, 0.05) is 55.6 Å². The largest absolute Gasteiger partial charge is 0.351 e. The van der Waals surface area contributed by atoms with Gasteiger partial charge in [-0.05, 0) is 23.1 Å². The number of nitro benzene ring substituents is 1. The van der Waals surface area contributed by atoms with E-state index in [0.29, 0.717) is 13.1 Å². The topological polar surface area (TPSA) is 99.8 Å². The van der Waals surface area contributed by atoms with E-state index < -0.39 is 4.92 Å². The van der Waals surface area contributed by atoms with Crippen LogP contribution in [0.15, 0.2) is 65.2 Å².